The quantitative estimate of drug-likeness (QED) is 0.738. The second-order valence-corrected chi connectivity index (χ2v) is 10.4. The number of allylic oxidation sites excluding steroid dienone is 8. The van der Waals surface area contributed by atoms with Crippen molar-refractivity contribution in [3.63, 3.8) is 0 Å². The van der Waals surface area contributed by atoms with Gasteiger partial charge < -0.3 is 10.2 Å². The summed E-state index contributed by atoms with van der Waals surface area (Å²) in [7, 11) is -4.12. The van der Waals surface area contributed by atoms with E-state index in [9.17, 15) is 18.6 Å². The Labute approximate surface area is 188 Å². The van der Waals surface area contributed by atoms with E-state index in [-0.39, 0.29) is 4.90 Å². The Hall–Kier alpha value is -3.31. The van der Waals surface area contributed by atoms with E-state index in [0.29, 0.717) is 16.4 Å². The van der Waals surface area contributed by atoms with Gasteiger partial charge in [0.1, 0.15) is 11.5 Å². The van der Waals surface area contributed by atoms with Crippen LogP contribution in [0.2, 0.25) is 0 Å². The summed E-state index contributed by atoms with van der Waals surface area (Å²) >= 11 is 0. The molecule has 5 heteroatoms. The number of phenols is 2. The molecule has 0 heterocycles. The molecule has 4 rings (SSSR count). The van der Waals surface area contributed by atoms with E-state index >= 15 is 0 Å². The molecule has 0 unspecified atom stereocenters. The molecule has 2 aromatic rings. The smallest absolute Gasteiger partial charge is 0.213 e. The fourth-order valence-corrected chi connectivity index (χ4v) is 5.59. The van der Waals surface area contributed by atoms with Crippen LogP contribution in [0.1, 0.15) is 27.7 Å². The third kappa shape index (κ3) is 3.53. The largest absolute Gasteiger partial charge is 0.506 e. The summed E-state index contributed by atoms with van der Waals surface area (Å²) in [5, 5.41) is 23.0. The van der Waals surface area contributed by atoms with Crippen LogP contribution in [0.25, 0.3) is 11.6 Å². The van der Waals surface area contributed by atoms with Gasteiger partial charge in [-0.3, -0.25) is 0 Å². The van der Waals surface area contributed by atoms with Crippen LogP contribution in [0.4, 0.5) is 0 Å². The molecule has 2 aliphatic rings. The summed E-state index contributed by atoms with van der Waals surface area (Å²) in [4.78, 5) is -0.468. The van der Waals surface area contributed by atoms with Crippen molar-refractivity contribution in [1.29, 1.82) is 0 Å². The van der Waals surface area contributed by atoms with Crippen LogP contribution in [-0.2, 0) is 9.84 Å². The van der Waals surface area contributed by atoms with Crippen LogP contribution in [0.3, 0.4) is 0 Å². The van der Waals surface area contributed by atoms with Gasteiger partial charge in [-0.05, 0) is 71.0 Å². The van der Waals surface area contributed by atoms with Gasteiger partial charge in [0.25, 0.3) is 0 Å². The molecular weight excluding hydrogens is 420 g/mol. The lowest BCUT2D eigenvalue weighted by molar-refractivity contribution is 0.419. The van der Waals surface area contributed by atoms with Gasteiger partial charge >= 0.3 is 0 Å². The standard InChI is InChI=1S/C27H26O4S/c1-16(2)19-12-10-18(4)25-22(14-19)17(3)11-13-21-23(25)15-24(28)27(26(21)29)32(30,31)20-8-6-5-7-9-20/h5-16,28-29H,1-4H3. The summed E-state index contributed by atoms with van der Waals surface area (Å²) in [6.07, 6.45) is 9.84. The molecule has 0 radical (unpaired) electrons. The molecule has 2 N–H and O–H groups in total. The Morgan fingerprint density at radius 2 is 1.53 bits per heavy atom. The molecule has 0 fully saturated rings. The van der Waals surface area contributed by atoms with Gasteiger partial charge in [-0.1, -0.05) is 62.4 Å². The maximum Gasteiger partial charge on any atom is 0.213 e. The second-order valence-electron chi connectivity index (χ2n) is 8.47. The maximum absolute atomic E-state index is 13.2. The summed E-state index contributed by atoms with van der Waals surface area (Å²) in [5.74, 6) is -0.597. The van der Waals surface area contributed by atoms with E-state index in [1.807, 2.05) is 26.0 Å². The molecule has 2 aliphatic carbocycles. The molecule has 0 spiro atoms. The first-order chi connectivity index (χ1) is 15.1. The molecule has 0 saturated heterocycles. The van der Waals surface area contributed by atoms with Crippen molar-refractivity contribution in [1.82, 2.24) is 0 Å². The first kappa shape index (κ1) is 21.9. The van der Waals surface area contributed by atoms with Crippen LogP contribution >= 0.6 is 0 Å². The highest BCUT2D eigenvalue weighted by molar-refractivity contribution is 7.91. The van der Waals surface area contributed by atoms with E-state index < -0.39 is 26.2 Å². The normalized spacial score (nSPS) is 16.0. The third-order valence-electron chi connectivity index (χ3n) is 5.96. The molecule has 32 heavy (non-hydrogen) atoms. The number of hydrogen-bond acceptors (Lipinski definition) is 4. The van der Waals surface area contributed by atoms with Crippen LogP contribution in [0.5, 0.6) is 11.5 Å². The zero-order valence-electron chi connectivity index (χ0n) is 18.5. The van der Waals surface area contributed by atoms with Crippen LogP contribution in [-0.4, -0.2) is 18.6 Å². The zero-order valence-corrected chi connectivity index (χ0v) is 19.4. The Morgan fingerprint density at radius 1 is 0.875 bits per heavy atom. The topological polar surface area (TPSA) is 74.6 Å². The van der Waals surface area contributed by atoms with E-state index in [2.05, 4.69) is 26.0 Å². The Morgan fingerprint density at radius 3 is 2.19 bits per heavy atom. The fraction of sp³-hybridized carbons (Fsp3) is 0.185. The Kier molecular flexibility index (Phi) is 5.47. The predicted molar refractivity (Wildman–Crippen MR) is 127 cm³/mol. The predicted octanol–water partition coefficient (Wildman–Crippen LogP) is 4.29. The molecule has 0 aliphatic heterocycles. The van der Waals surface area contributed by atoms with Crippen molar-refractivity contribution in [3.05, 3.63) is 93.4 Å². The van der Waals surface area contributed by atoms with Gasteiger partial charge in [-0.15, -0.1) is 0 Å². The number of fused-ring (bicyclic) bond motifs is 2. The van der Waals surface area contributed by atoms with Gasteiger partial charge in [-0.25, -0.2) is 8.42 Å². The van der Waals surface area contributed by atoms with Crippen molar-refractivity contribution in [2.75, 3.05) is 0 Å². The van der Waals surface area contributed by atoms with E-state index in [0.717, 1.165) is 22.3 Å². The van der Waals surface area contributed by atoms with Crippen LogP contribution in [0.15, 0.2) is 92.8 Å². The van der Waals surface area contributed by atoms with Crippen molar-refractivity contribution in [3.8, 4) is 11.5 Å². The number of aromatic hydroxyl groups is 2. The zero-order chi connectivity index (χ0) is 23.2. The number of hydrogen-bond donors (Lipinski definition) is 2. The highest BCUT2D eigenvalue weighted by Gasteiger charge is 2.28. The highest BCUT2D eigenvalue weighted by Crippen LogP contribution is 2.36. The molecular formula is C27H26O4S. The first-order valence-electron chi connectivity index (χ1n) is 10.5. The van der Waals surface area contributed by atoms with Gasteiger partial charge in [0.2, 0.25) is 9.84 Å². The minimum Gasteiger partial charge on any atom is -0.506 e. The van der Waals surface area contributed by atoms with Crippen LogP contribution in [0, 0.1) is 5.92 Å². The number of rotatable bonds is 3. The minimum absolute atomic E-state index is 0.00968. The van der Waals surface area contributed by atoms with E-state index in [1.54, 1.807) is 24.3 Å². The number of phenolic OH excluding ortho intramolecular Hbond substituents is 2. The van der Waals surface area contributed by atoms with Gasteiger partial charge in [0.05, 0.1) is 4.90 Å². The number of benzene rings is 2. The first-order valence-corrected chi connectivity index (χ1v) is 12.0. The van der Waals surface area contributed by atoms with Gasteiger partial charge in [0.15, 0.2) is 4.90 Å². The SMILES string of the molecule is CC1=CC=c2c(O)c(S(=O)(=O)c3ccccc3)c(O)cc2=C2C(C)=CC=C(C(C)C)C=C12. The van der Waals surface area contributed by atoms with Gasteiger partial charge in [-0.2, -0.15) is 0 Å². The molecule has 0 bridgehead atoms. The minimum atomic E-state index is -4.12. The molecule has 4 nitrogen and oxygen atoms in total. The average molecular weight is 447 g/mol. The van der Waals surface area contributed by atoms with Crippen molar-refractivity contribution < 1.29 is 18.6 Å². The number of sulfone groups is 1. The van der Waals surface area contributed by atoms with Crippen LogP contribution < -0.4 is 10.4 Å². The maximum atomic E-state index is 13.2. The van der Waals surface area contributed by atoms with Gasteiger partial charge in [0, 0.05) is 5.22 Å². The second kappa shape index (κ2) is 7.99. The third-order valence-corrected chi connectivity index (χ3v) is 7.79. The molecule has 0 atom stereocenters. The van der Waals surface area contributed by atoms with E-state index in [1.165, 1.54) is 23.8 Å². The highest BCUT2D eigenvalue weighted by atomic mass is 32.2. The van der Waals surface area contributed by atoms with Crippen molar-refractivity contribution >= 4 is 21.5 Å². The fourth-order valence-electron chi connectivity index (χ4n) is 4.14. The molecule has 0 saturated carbocycles. The summed E-state index contributed by atoms with van der Waals surface area (Å²) in [6.45, 7) is 8.23. The Bertz CT molecular complexity index is 1470. The molecule has 0 aromatic heterocycles. The monoisotopic (exact) mass is 446 g/mol. The summed E-state index contributed by atoms with van der Waals surface area (Å²) in [6, 6.07) is 9.27. The lowest BCUT2D eigenvalue weighted by atomic mass is 9.90. The van der Waals surface area contributed by atoms with Crippen molar-refractivity contribution in [2.45, 2.75) is 37.5 Å². The lowest BCUT2D eigenvalue weighted by Crippen LogP contribution is -2.29. The lowest BCUT2D eigenvalue weighted by Gasteiger charge is -2.15. The summed E-state index contributed by atoms with van der Waals surface area (Å²) in [5.41, 5.74) is 4.98. The Balaban J connectivity index is 2.11. The molecule has 164 valence electrons. The average Bonchev–Trinajstić information content (AvgIpc) is 3.00. The van der Waals surface area contributed by atoms with Crippen molar-refractivity contribution in [2.24, 2.45) is 5.92 Å². The summed E-state index contributed by atoms with van der Waals surface area (Å²) < 4.78 is 26.5. The molecule has 2 aromatic carbocycles. The van der Waals surface area contributed by atoms with E-state index in [4.69, 9.17) is 0 Å². The molecule has 0 amide bonds.